The first-order valence-electron chi connectivity index (χ1n) is 16.1. The molecule has 0 radical (unpaired) electrons. The van der Waals surface area contributed by atoms with Crippen LogP contribution in [0.3, 0.4) is 0 Å². The lowest BCUT2D eigenvalue weighted by atomic mass is 9.68. The molecule has 12 nitrogen and oxygen atoms in total. The number of amides is 3. The summed E-state index contributed by atoms with van der Waals surface area (Å²) in [7, 11) is 1.64. The third kappa shape index (κ3) is 11.3. The van der Waals surface area contributed by atoms with Crippen molar-refractivity contribution in [2.24, 2.45) is 11.8 Å². The van der Waals surface area contributed by atoms with Crippen molar-refractivity contribution in [2.75, 3.05) is 40.0 Å². The van der Waals surface area contributed by atoms with Gasteiger partial charge < -0.3 is 39.6 Å². The summed E-state index contributed by atoms with van der Waals surface area (Å²) in [5.74, 6) is -0.328. The van der Waals surface area contributed by atoms with E-state index in [9.17, 15) is 18.3 Å². The van der Waals surface area contributed by atoms with Gasteiger partial charge in [-0.15, -0.1) is 3.89 Å². The Labute approximate surface area is 271 Å². The Morgan fingerprint density at radius 1 is 1.09 bits per heavy atom. The first-order chi connectivity index (χ1) is 21.5. The Balaban J connectivity index is 1.38. The second kappa shape index (κ2) is 17.7. The molecule has 0 aromatic heterocycles. The molecule has 3 aliphatic rings. The maximum Gasteiger partial charge on any atom is 0.407 e. The van der Waals surface area contributed by atoms with Crippen molar-refractivity contribution in [1.82, 2.24) is 20.7 Å². The second-order valence-electron chi connectivity index (χ2n) is 13.0. The van der Waals surface area contributed by atoms with Crippen LogP contribution in [0.1, 0.15) is 79.6 Å². The lowest BCUT2D eigenvalue weighted by molar-refractivity contribution is -0.119. The highest BCUT2D eigenvalue weighted by molar-refractivity contribution is 7.92. The first kappa shape index (κ1) is 37.3. The molecule has 0 bridgehead atoms. The number of rotatable bonds is 19. The van der Waals surface area contributed by atoms with Gasteiger partial charge in [0.25, 0.3) is 0 Å². The SMILES string of the molecule is COC1C(OC(=O)N[C@@H](COC(=O)NCCCCCCNC(=O)CNSF)C(C)C)CCC2(CO2)C1[C@]1(C)O[C@@H]1CC=C(C)C. The first-order valence-corrected chi connectivity index (χ1v) is 16.8. The predicted octanol–water partition coefficient (Wildman–Crippen LogP) is 4.34. The van der Waals surface area contributed by atoms with E-state index in [0.717, 1.165) is 38.5 Å². The number of ether oxygens (including phenoxy) is 5. The van der Waals surface area contributed by atoms with Gasteiger partial charge >= 0.3 is 12.2 Å². The Morgan fingerprint density at radius 3 is 2.38 bits per heavy atom. The van der Waals surface area contributed by atoms with Gasteiger partial charge in [-0.3, -0.25) is 4.79 Å². The predicted molar refractivity (Wildman–Crippen MR) is 169 cm³/mol. The molecule has 4 N–H and O–H groups in total. The molecule has 0 aromatic rings. The molecule has 3 rings (SSSR count). The Morgan fingerprint density at radius 2 is 1.78 bits per heavy atom. The fraction of sp³-hybridized carbons (Fsp3) is 0.839. The van der Waals surface area contributed by atoms with Crippen molar-refractivity contribution >= 4 is 30.4 Å². The van der Waals surface area contributed by atoms with Crippen molar-refractivity contribution in [1.29, 1.82) is 0 Å². The number of hydrogen-bond donors (Lipinski definition) is 4. The minimum absolute atomic E-state index is 0.00394. The van der Waals surface area contributed by atoms with E-state index in [4.69, 9.17) is 23.7 Å². The number of carbonyl (C=O) groups is 3. The molecule has 0 aromatic carbocycles. The van der Waals surface area contributed by atoms with Gasteiger partial charge in [-0.05, 0) is 58.8 Å². The van der Waals surface area contributed by atoms with Crippen molar-refractivity contribution in [3.63, 3.8) is 0 Å². The Bertz CT molecular complexity index is 1010. The van der Waals surface area contributed by atoms with Crippen LogP contribution in [0.4, 0.5) is 13.5 Å². The Kier molecular flexibility index (Phi) is 14.7. The summed E-state index contributed by atoms with van der Waals surface area (Å²) in [6, 6.07) is -0.437. The minimum atomic E-state index is -0.576. The molecular weight excluding hydrogens is 607 g/mol. The van der Waals surface area contributed by atoms with Crippen LogP contribution >= 0.6 is 12.3 Å². The molecule has 3 fully saturated rings. The molecule has 14 heteroatoms. The number of epoxide rings is 2. The topological polar surface area (TPSA) is 152 Å². The summed E-state index contributed by atoms with van der Waals surface area (Å²) >= 11 is -0.0857. The van der Waals surface area contributed by atoms with Crippen LogP contribution in [0.5, 0.6) is 0 Å². The van der Waals surface area contributed by atoms with Crippen molar-refractivity contribution < 1.29 is 42.0 Å². The number of unbranched alkanes of at least 4 members (excludes halogenated alkanes) is 3. The average Bonchev–Trinajstić information content (AvgIpc) is 3.91. The quantitative estimate of drug-likeness (QED) is 0.0682. The monoisotopic (exact) mass is 660 g/mol. The molecule has 2 aliphatic heterocycles. The van der Waals surface area contributed by atoms with E-state index in [1.807, 2.05) is 13.8 Å². The fourth-order valence-corrected chi connectivity index (χ4v) is 6.37. The normalized spacial score (nSPS) is 29.1. The summed E-state index contributed by atoms with van der Waals surface area (Å²) in [4.78, 5) is 36.7. The lowest BCUT2D eigenvalue weighted by Gasteiger charge is -2.42. The van der Waals surface area contributed by atoms with E-state index in [1.54, 1.807) is 7.11 Å². The van der Waals surface area contributed by atoms with Crippen molar-refractivity contribution in [3.05, 3.63) is 11.6 Å². The molecular formula is C31H53FN4O8S. The van der Waals surface area contributed by atoms with Gasteiger partial charge in [-0.2, -0.15) is 0 Å². The summed E-state index contributed by atoms with van der Waals surface area (Å²) in [6.07, 6.45) is 5.78. The molecule has 3 amide bonds. The van der Waals surface area contributed by atoms with Crippen molar-refractivity contribution in [3.8, 4) is 0 Å². The summed E-state index contributed by atoms with van der Waals surface area (Å²) in [5, 5.41) is 8.32. The Hall–Kier alpha value is -2.13. The van der Waals surface area contributed by atoms with Gasteiger partial charge in [0.2, 0.25) is 5.91 Å². The molecule has 1 spiro atoms. The zero-order valence-corrected chi connectivity index (χ0v) is 28.4. The smallest absolute Gasteiger partial charge is 0.407 e. The fourth-order valence-electron chi connectivity index (χ4n) is 6.19. The molecule has 258 valence electrons. The van der Waals surface area contributed by atoms with E-state index in [1.165, 1.54) is 5.57 Å². The van der Waals surface area contributed by atoms with E-state index >= 15 is 0 Å². The molecule has 2 saturated heterocycles. The van der Waals surface area contributed by atoms with Crippen LogP contribution in [0.2, 0.25) is 0 Å². The molecule has 2 heterocycles. The number of carbonyl (C=O) groups excluding carboxylic acids is 3. The van der Waals surface area contributed by atoms with Crippen LogP contribution in [0.15, 0.2) is 11.6 Å². The van der Waals surface area contributed by atoms with Gasteiger partial charge in [0.05, 0.1) is 31.2 Å². The van der Waals surface area contributed by atoms with Gasteiger partial charge in [0.1, 0.15) is 42.4 Å². The summed E-state index contributed by atoms with van der Waals surface area (Å²) in [5.41, 5.74) is 0.517. The van der Waals surface area contributed by atoms with Crippen LogP contribution in [-0.2, 0) is 28.5 Å². The second-order valence-corrected chi connectivity index (χ2v) is 13.4. The van der Waals surface area contributed by atoms with Gasteiger partial charge in [0.15, 0.2) is 0 Å². The molecule has 45 heavy (non-hydrogen) atoms. The summed E-state index contributed by atoms with van der Waals surface area (Å²) < 4.78 is 43.7. The largest absolute Gasteiger partial charge is 0.447 e. The van der Waals surface area contributed by atoms with Gasteiger partial charge in [-0.1, -0.05) is 38.3 Å². The zero-order valence-electron chi connectivity index (χ0n) is 27.6. The molecule has 4 unspecified atom stereocenters. The van der Waals surface area contributed by atoms with E-state index in [-0.39, 0.29) is 61.0 Å². The number of nitrogens with one attached hydrogen (secondary N) is 4. The number of alkyl carbamates (subject to hydrolysis) is 2. The van der Waals surface area contributed by atoms with Crippen LogP contribution in [0, 0.1) is 11.8 Å². The van der Waals surface area contributed by atoms with Gasteiger partial charge in [-0.25, -0.2) is 14.3 Å². The van der Waals surface area contributed by atoms with Gasteiger partial charge in [0, 0.05) is 20.2 Å². The van der Waals surface area contributed by atoms with Crippen LogP contribution in [0.25, 0.3) is 0 Å². The third-order valence-electron chi connectivity index (χ3n) is 8.98. The molecule has 1 aliphatic carbocycles. The van der Waals surface area contributed by atoms with E-state index < -0.39 is 29.9 Å². The third-order valence-corrected chi connectivity index (χ3v) is 9.23. The number of hydrogen-bond acceptors (Lipinski definition) is 10. The maximum absolute atomic E-state index is 13.1. The zero-order chi connectivity index (χ0) is 33.0. The van der Waals surface area contributed by atoms with Crippen LogP contribution in [-0.4, -0.2) is 93.6 Å². The van der Waals surface area contributed by atoms with Crippen LogP contribution < -0.4 is 20.7 Å². The number of halogens is 1. The number of allylic oxidation sites excluding steroid dienone is 1. The lowest BCUT2D eigenvalue weighted by Crippen LogP contribution is -2.56. The van der Waals surface area contributed by atoms with E-state index in [0.29, 0.717) is 26.1 Å². The van der Waals surface area contributed by atoms with E-state index in [2.05, 4.69) is 47.5 Å². The van der Waals surface area contributed by atoms with Crippen molar-refractivity contribution in [2.45, 2.75) is 115 Å². The highest BCUT2D eigenvalue weighted by Crippen LogP contribution is 2.59. The summed E-state index contributed by atoms with van der Waals surface area (Å²) in [6.45, 7) is 11.7. The standard InChI is InChI=1S/C31H53FN4O8S/c1-20(2)11-12-24-30(5,44-24)27-26(40-6)23(13-14-31(27)19-42-31)43-29(39)36-22(21(3)4)18-41-28(38)34-16-10-8-7-9-15-33-25(37)17-35-45-32/h11,21-24,26-27,35H,7-10,12-19H2,1-6H3,(H,33,37)(H,34,38)(H,36,39)/t22-,23?,24+,26?,27?,30+,31?/m0/s1. The maximum atomic E-state index is 13.1. The number of methoxy groups -OCH3 is 1. The molecule has 1 saturated carbocycles. The highest BCUT2D eigenvalue weighted by Gasteiger charge is 2.72. The average molecular weight is 661 g/mol. The minimum Gasteiger partial charge on any atom is -0.447 e. The highest BCUT2D eigenvalue weighted by atomic mass is 32.2. The molecule has 7 atom stereocenters.